The van der Waals surface area contributed by atoms with E-state index in [1.807, 2.05) is 97.9 Å². The van der Waals surface area contributed by atoms with Crippen molar-refractivity contribution >= 4 is 33.7 Å². The number of carbonyl (C=O) groups excluding carboxylic acids is 1. The molecule has 186 valence electrons. The lowest BCUT2D eigenvalue weighted by Crippen LogP contribution is -2.19. The van der Waals surface area contributed by atoms with Gasteiger partial charge in [-0.3, -0.25) is 0 Å². The van der Waals surface area contributed by atoms with E-state index >= 15 is 0 Å². The molecular weight excluding hydrogens is 530 g/mol. The van der Waals surface area contributed by atoms with Crippen LogP contribution in [0.15, 0.2) is 101 Å². The summed E-state index contributed by atoms with van der Waals surface area (Å²) < 4.78 is 19.4. The number of nitrogens with two attached hydrogens (primary N) is 1. The molecule has 4 aromatic carbocycles. The first-order valence-electron chi connectivity index (χ1n) is 11.9. The summed E-state index contributed by atoms with van der Waals surface area (Å²) in [5, 5.41) is 0. The van der Waals surface area contributed by atoms with E-state index in [-0.39, 0.29) is 0 Å². The Balaban J connectivity index is 1.51. The van der Waals surface area contributed by atoms with Crippen molar-refractivity contribution in [1.29, 1.82) is 0 Å². The van der Waals surface area contributed by atoms with E-state index in [9.17, 15) is 4.79 Å². The van der Waals surface area contributed by atoms with Gasteiger partial charge in [-0.05, 0) is 63.8 Å². The quantitative estimate of drug-likeness (QED) is 0.184. The maximum absolute atomic E-state index is 12.4. The Kier molecular flexibility index (Phi) is 7.28. The van der Waals surface area contributed by atoms with Crippen LogP contribution in [0.1, 0.15) is 33.7 Å². The zero-order valence-electron chi connectivity index (χ0n) is 20.3. The molecule has 0 amide bonds. The second kappa shape index (κ2) is 10.9. The minimum Gasteiger partial charge on any atom is -0.488 e. The van der Waals surface area contributed by atoms with Crippen molar-refractivity contribution < 1.29 is 19.0 Å². The number of rotatable bonds is 8. The molecule has 6 heteroatoms. The van der Waals surface area contributed by atoms with E-state index < -0.39 is 5.92 Å². The van der Waals surface area contributed by atoms with Crippen LogP contribution in [0.5, 0.6) is 11.5 Å². The molecule has 0 radical (unpaired) electrons. The van der Waals surface area contributed by atoms with Gasteiger partial charge in [-0.1, -0.05) is 66.7 Å². The third-order valence-electron chi connectivity index (χ3n) is 6.14. The van der Waals surface area contributed by atoms with Crippen LogP contribution in [0.2, 0.25) is 0 Å². The van der Waals surface area contributed by atoms with Crippen molar-refractivity contribution in [3.05, 3.63) is 129 Å². The van der Waals surface area contributed by atoms with Gasteiger partial charge in [-0.2, -0.15) is 0 Å². The van der Waals surface area contributed by atoms with Crippen molar-refractivity contribution in [2.45, 2.75) is 26.1 Å². The molecular formula is C31H26BrNO4. The maximum atomic E-state index is 12.4. The first-order chi connectivity index (χ1) is 18.0. The molecule has 1 aliphatic rings. The molecule has 2 N–H and O–H groups in total. The maximum Gasteiger partial charge on any atom is 0.173 e. The Morgan fingerprint density at radius 2 is 1.54 bits per heavy atom. The van der Waals surface area contributed by atoms with Crippen molar-refractivity contribution in [2.75, 3.05) is 5.73 Å². The number of anilines is 1. The van der Waals surface area contributed by atoms with Crippen molar-refractivity contribution in [1.82, 2.24) is 0 Å². The number of halogens is 1. The summed E-state index contributed by atoms with van der Waals surface area (Å²) in [7, 11) is 0. The number of hydrogen-bond acceptors (Lipinski definition) is 5. The number of nitrogen functional groups attached to an aromatic ring is 1. The van der Waals surface area contributed by atoms with Crippen LogP contribution < -0.4 is 15.2 Å². The van der Waals surface area contributed by atoms with E-state index in [0.717, 1.165) is 33.0 Å². The first kappa shape index (κ1) is 24.7. The molecule has 0 bridgehead atoms. The molecule has 1 unspecified atom stereocenters. The van der Waals surface area contributed by atoms with Gasteiger partial charge in [-0.25, -0.2) is 0 Å². The van der Waals surface area contributed by atoms with Gasteiger partial charge in [0.05, 0.1) is 10.2 Å². The standard InChI is InChI=1S/C31H26BrNO4/c1-20-14-24-25(17-34)31(36-19-22-10-6-3-7-11-22)29(37-30(24)27(33)15-20)23-12-13-28(26(32)16-23)35-18-21-8-4-2-5-9-21/h2-17,25H,18-19,33H2,1H3. The predicted octanol–water partition coefficient (Wildman–Crippen LogP) is 7.18. The minimum absolute atomic E-state index is 0.295. The zero-order valence-corrected chi connectivity index (χ0v) is 21.9. The van der Waals surface area contributed by atoms with Crippen LogP contribution in [0.3, 0.4) is 0 Å². The number of ether oxygens (including phenoxy) is 3. The van der Waals surface area contributed by atoms with Crippen molar-refractivity contribution in [3.8, 4) is 11.5 Å². The van der Waals surface area contributed by atoms with E-state index in [1.54, 1.807) is 0 Å². The van der Waals surface area contributed by atoms with Gasteiger partial charge in [0.2, 0.25) is 0 Å². The van der Waals surface area contributed by atoms with Gasteiger partial charge in [0, 0.05) is 11.1 Å². The van der Waals surface area contributed by atoms with Gasteiger partial charge in [0.15, 0.2) is 17.3 Å². The first-order valence-corrected chi connectivity index (χ1v) is 12.7. The molecule has 0 saturated carbocycles. The van der Waals surface area contributed by atoms with Crippen LogP contribution in [-0.2, 0) is 22.7 Å². The third-order valence-corrected chi connectivity index (χ3v) is 6.76. The molecule has 0 aromatic heterocycles. The number of carbonyl (C=O) groups is 1. The lowest BCUT2D eigenvalue weighted by atomic mass is 9.91. The van der Waals surface area contributed by atoms with E-state index in [0.29, 0.717) is 47.5 Å². The second-order valence-corrected chi connectivity index (χ2v) is 9.73. The summed E-state index contributed by atoms with van der Waals surface area (Å²) in [5.41, 5.74) is 11.2. The minimum atomic E-state index is -0.655. The SMILES string of the molecule is Cc1cc(N)c2c(c1)C(C=O)C(OCc1ccccc1)=C(c1ccc(OCc3ccccc3)c(Br)c1)O2. The molecule has 37 heavy (non-hydrogen) atoms. The van der Waals surface area contributed by atoms with Crippen molar-refractivity contribution in [3.63, 3.8) is 0 Å². The summed E-state index contributed by atoms with van der Waals surface area (Å²) >= 11 is 3.63. The molecule has 5 nitrogen and oxygen atoms in total. The average Bonchev–Trinajstić information content (AvgIpc) is 2.91. The van der Waals surface area contributed by atoms with Gasteiger partial charge < -0.3 is 24.7 Å². The lowest BCUT2D eigenvalue weighted by Gasteiger charge is -2.29. The molecule has 4 aromatic rings. The smallest absolute Gasteiger partial charge is 0.173 e. The highest BCUT2D eigenvalue weighted by Gasteiger charge is 2.34. The number of fused-ring (bicyclic) bond motifs is 1. The number of hydrogen-bond donors (Lipinski definition) is 1. The summed E-state index contributed by atoms with van der Waals surface area (Å²) in [6.45, 7) is 2.68. The summed E-state index contributed by atoms with van der Waals surface area (Å²) in [6, 6.07) is 29.2. The molecule has 1 aliphatic heterocycles. The summed E-state index contributed by atoms with van der Waals surface area (Å²) in [6.07, 6.45) is 0.882. The highest BCUT2D eigenvalue weighted by Crippen LogP contribution is 2.46. The van der Waals surface area contributed by atoms with Crippen LogP contribution in [0.25, 0.3) is 5.76 Å². The highest BCUT2D eigenvalue weighted by molar-refractivity contribution is 9.10. The predicted molar refractivity (Wildman–Crippen MR) is 148 cm³/mol. The fourth-order valence-corrected chi connectivity index (χ4v) is 4.83. The zero-order chi connectivity index (χ0) is 25.8. The number of aryl methyl sites for hydroxylation is 1. The number of allylic oxidation sites excluding steroid dienone is 1. The molecule has 0 saturated heterocycles. The van der Waals surface area contributed by atoms with Crippen molar-refractivity contribution in [2.24, 2.45) is 0 Å². The molecule has 5 rings (SSSR count). The van der Waals surface area contributed by atoms with Crippen LogP contribution in [0.4, 0.5) is 5.69 Å². The number of aldehydes is 1. The van der Waals surface area contributed by atoms with Crippen LogP contribution in [-0.4, -0.2) is 6.29 Å². The number of benzene rings is 4. The van der Waals surface area contributed by atoms with E-state index in [4.69, 9.17) is 19.9 Å². The van der Waals surface area contributed by atoms with E-state index in [1.165, 1.54) is 0 Å². The normalized spacial score (nSPS) is 14.5. The Labute approximate surface area is 224 Å². The lowest BCUT2D eigenvalue weighted by molar-refractivity contribution is -0.109. The van der Waals surface area contributed by atoms with Crippen LogP contribution in [0, 0.1) is 6.92 Å². The van der Waals surface area contributed by atoms with Gasteiger partial charge in [0.25, 0.3) is 0 Å². The third kappa shape index (κ3) is 5.39. The molecule has 1 heterocycles. The monoisotopic (exact) mass is 555 g/mol. The topological polar surface area (TPSA) is 70.8 Å². The Morgan fingerprint density at radius 3 is 2.16 bits per heavy atom. The Bertz CT molecular complexity index is 1450. The second-order valence-electron chi connectivity index (χ2n) is 8.88. The largest absolute Gasteiger partial charge is 0.488 e. The Hall–Kier alpha value is -4.03. The highest BCUT2D eigenvalue weighted by atomic mass is 79.9. The molecule has 0 spiro atoms. The van der Waals surface area contributed by atoms with Gasteiger partial charge in [0.1, 0.15) is 31.2 Å². The fourth-order valence-electron chi connectivity index (χ4n) is 4.34. The molecule has 0 fully saturated rings. The molecule has 0 aliphatic carbocycles. The molecule has 1 atom stereocenters. The fraction of sp³-hybridized carbons (Fsp3) is 0.129. The van der Waals surface area contributed by atoms with Gasteiger partial charge in [-0.15, -0.1) is 0 Å². The van der Waals surface area contributed by atoms with E-state index in [2.05, 4.69) is 15.9 Å². The van der Waals surface area contributed by atoms with Gasteiger partial charge >= 0.3 is 0 Å². The average molecular weight is 556 g/mol. The summed E-state index contributed by atoms with van der Waals surface area (Å²) in [4.78, 5) is 12.4. The summed E-state index contributed by atoms with van der Waals surface area (Å²) in [5.74, 6) is 1.41. The Morgan fingerprint density at radius 1 is 0.892 bits per heavy atom. The van der Waals surface area contributed by atoms with Crippen LogP contribution >= 0.6 is 15.9 Å².